The van der Waals surface area contributed by atoms with Gasteiger partial charge in [-0.2, -0.15) is 0 Å². The fourth-order valence-corrected chi connectivity index (χ4v) is 3.11. The molecule has 0 saturated heterocycles. The molecule has 0 bridgehead atoms. The molecule has 0 heterocycles. The van der Waals surface area contributed by atoms with Gasteiger partial charge in [0.2, 0.25) is 5.91 Å². The quantitative estimate of drug-likeness (QED) is 0.777. The molecule has 0 radical (unpaired) electrons. The van der Waals surface area contributed by atoms with Crippen molar-refractivity contribution in [1.82, 2.24) is 5.32 Å². The van der Waals surface area contributed by atoms with Crippen LogP contribution >= 0.6 is 0 Å². The van der Waals surface area contributed by atoms with Gasteiger partial charge in [-0.25, -0.2) is 13.2 Å². The number of rotatable bonds is 6. The number of sulfone groups is 1. The largest absolute Gasteiger partial charge is 0.480 e. The number of carboxylic acids is 1. The van der Waals surface area contributed by atoms with Gasteiger partial charge in [-0.3, -0.25) is 4.79 Å². The van der Waals surface area contributed by atoms with E-state index in [2.05, 4.69) is 5.32 Å². The van der Waals surface area contributed by atoms with Gasteiger partial charge in [0.05, 0.1) is 11.5 Å². The van der Waals surface area contributed by atoms with Gasteiger partial charge in [0.15, 0.2) is 9.84 Å². The van der Waals surface area contributed by atoms with Crippen molar-refractivity contribution in [3.8, 4) is 0 Å². The Hall–Kier alpha value is -1.89. The van der Waals surface area contributed by atoms with E-state index in [0.29, 0.717) is 5.56 Å². The fourth-order valence-electron chi connectivity index (χ4n) is 1.56. The lowest BCUT2D eigenvalue weighted by atomic mass is 10.2. The minimum atomic E-state index is -3.62. The van der Waals surface area contributed by atoms with Crippen molar-refractivity contribution in [2.45, 2.75) is 18.7 Å². The highest BCUT2D eigenvalue weighted by Gasteiger charge is 2.26. The number of aliphatic carboxylic acids is 1. The molecule has 1 aromatic carbocycles. The molecule has 1 rings (SSSR count). The molecule has 0 aliphatic rings. The van der Waals surface area contributed by atoms with Crippen LogP contribution in [0.3, 0.4) is 0 Å². The molecule has 19 heavy (non-hydrogen) atoms. The van der Waals surface area contributed by atoms with Crippen LogP contribution in [0.1, 0.15) is 12.5 Å². The molecule has 1 amide bonds. The van der Waals surface area contributed by atoms with Crippen molar-refractivity contribution in [1.29, 1.82) is 0 Å². The van der Waals surface area contributed by atoms with Crippen molar-refractivity contribution < 1.29 is 23.1 Å². The summed E-state index contributed by atoms with van der Waals surface area (Å²) in [6.07, 6.45) is 0. The highest BCUT2D eigenvalue weighted by Crippen LogP contribution is 2.07. The smallest absolute Gasteiger partial charge is 0.327 e. The van der Waals surface area contributed by atoms with Crippen LogP contribution in [-0.4, -0.2) is 37.2 Å². The van der Waals surface area contributed by atoms with Crippen LogP contribution in [0.25, 0.3) is 0 Å². The van der Waals surface area contributed by atoms with E-state index in [9.17, 15) is 18.0 Å². The van der Waals surface area contributed by atoms with E-state index in [4.69, 9.17) is 5.11 Å². The highest BCUT2D eigenvalue weighted by atomic mass is 32.2. The van der Waals surface area contributed by atoms with Crippen LogP contribution < -0.4 is 5.32 Å². The van der Waals surface area contributed by atoms with E-state index in [1.54, 1.807) is 30.3 Å². The molecule has 0 aromatic heterocycles. The minimum Gasteiger partial charge on any atom is -0.480 e. The molecule has 1 atom stereocenters. The second-order valence-electron chi connectivity index (χ2n) is 4.13. The van der Waals surface area contributed by atoms with Crippen LogP contribution in [0, 0.1) is 0 Å². The molecular weight excluding hydrogens is 270 g/mol. The van der Waals surface area contributed by atoms with Gasteiger partial charge >= 0.3 is 5.97 Å². The summed E-state index contributed by atoms with van der Waals surface area (Å²) in [5.74, 6) is -2.83. The molecule has 7 heteroatoms. The lowest BCUT2D eigenvalue weighted by Crippen LogP contribution is -2.44. The van der Waals surface area contributed by atoms with Gasteiger partial charge < -0.3 is 10.4 Å². The Labute approximate surface area is 111 Å². The third-order valence-electron chi connectivity index (χ3n) is 2.33. The first-order chi connectivity index (χ1) is 8.80. The Morgan fingerprint density at radius 1 is 1.26 bits per heavy atom. The molecule has 6 nitrogen and oxygen atoms in total. The summed E-state index contributed by atoms with van der Waals surface area (Å²) < 4.78 is 23.8. The van der Waals surface area contributed by atoms with Gasteiger partial charge in [0.25, 0.3) is 0 Å². The molecule has 0 spiro atoms. The zero-order chi connectivity index (χ0) is 14.5. The van der Waals surface area contributed by atoms with E-state index in [1.165, 1.54) is 0 Å². The summed E-state index contributed by atoms with van der Waals surface area (Å²) in [6.45, 7) is 1.14. The summed E-state index contributed by atoms with van der Waals surface area (Å²) in [7, 11) is -3.62. The predicted molar refractivity (Wildman–Crippen MR) is 69.2 cm³/mol. The van der Waals surface area contributed by atoms with Gasteiger partial charge in [0.1, 0.15) is 6.04 Å². The summed E-state index contributed by atoms with van der Waals surface area (Å²) in [5, 5.41) is 11.0. The lowest BCUT2D eigenvalue weighted by molar-refractivity contribution is -0.140. The Balaban J connectivity index is 2.77. The van der Waals surface area contributed by atoms with Crippen LogP contribution in [-0.2, 0) is 25.2 Å². The van der Waals surface area contributed by atoms with Crippen LogP contribution in [0.15, 0.2) is 30.3 Å². The Bertz CT molecular complexity index is 553. The van der Waals surface area contributed by atoms with Crippen LogP contribution in [0.4, 0.5) is 0 Å². The van der Waals surface area contributed by atoms with Crippen molar-refractivity contribution >= 4 is 21.7 Å². The van der Waals surface area contributed by atoms with Gasteiger partial charge in [-0.05, 0) is 5.56 Å². The molecule has 1 unspecified atom stereocenters. The number of hydrogen-bond donors (Lipinski definition) is 2. The summed E-state index contributed by atoms with van der Waals surface area (Å²) in [6, 6.07) is 7.03. The lowest BCUT2D eigenvalue weighted by Gasteiger charge is -2.13. The van der Waals surface area contributed by atoms with E-state index < -0.39 is 33.5 Å². The molecule has 0 aliphatic heterocycles. The second-order valence-corrected chi connectivity index (χ2v) is 6.24. The number of hydrogen-bond acceptors (Lipinski definition) is 4. The first-order valence-corrected chi connectivity index (χ1v) is 7.36. The third kappa shape index (κ3) is 5.52. The number of carboxylic acid groups (broad SMARTS) is 1. The number of nitrogens with one attached hydrogen (secondary N) is 1. The SMILES string of the molecule is CC(=O)NC(CS(=O)(=O)Cc1ccccc1)C(=O)O. The first kappa shape index (κ1) is 15.2. The Kier molecular flexibility index (Phi) is 5.05. The number of carbonyl (C=O) groups excluding carboxylic acids is 1. The molecule has 0 fully saturated rings. The topological polar surface area (TPSA) is 101 Å². The Morgan fingerprint density at radius 2 is 1.84 bits per heavy atom. The second kappa shape index (κ2) is 6.33. The zero-order valence-corrected chi connectivity index (χ0v) is 11.2. The molecule has 2 N–H and O–H groups in total. The predicted octanol–water partition coefficient (Wildman–Crippen LogP) is 0.191. The van der Waals surface area contributed by atoms with Gasteiger partial charge in [-0.1, -0.05) is 30.3 Å². The summed E-state index contributed by atoms with van der Waals surface area (Å²) >= 11 is 0. The monoisotopic (exact) mass is 285 g/mol. The summed E-state index contributed by atoms with van der Waals surface area (Å²) in [5.41, 5.74) is 0.578. The number of carbonyl (C=O) groups is 2. The molecular formula is C12H15NO5S. The number of amides is 1. The fraction of sp³-hybridized carbons (Fsp3) is 0.333. The average Bonchev–Trinajstić information content (AvgIpc) is 2.27. The van der Waals surface area contributed by atoms with Gasteiger partial charge in [0, 0.05) is 6.92 Å². The average molecular weight is 285 g/mol. The third-order valence-corrected chi connectivity index (χ3v) is 3.94. The first-order valence-electron chi connectivity index (χ1n) is 5.54. The van der Waals surface area contributed by atoms with Crippen molar-refractivity contribution in [3.05, 3.63) is 35.9 Å². The van der Waals surface area contributed by atoms with Crippen molar-refractivity contribution in [2.75, 3.05) is 5.75 Å². The number of benzene rings is 1. The Morgan fingerprint density at radius 3 is 2.32 bits per heavy atom. The van der Waals surface area contributed by atoms with Crippen molar-refractivity contribution in [3.63, 3.8) is 0 Å². The molecule has 104 valence electrons. The maximum Gasteiger partial charge on any atom is 0.327 e. The summed E-state index contributed by atoms with van der Waals surface area (Å²) in [4.78, 5) is 21.7. The van der Waals surface area contributed by atoms with Crippen molar-refractivity contribution in [2.24, 2.45) is 0 Å². The molecule has 1 aromatic rings. The standard InChI is InChI=1S/C12H15NO5S/c1-9(14)13-11(12(15)16)8-19(17,18)7-10-5-3-2-4-6-10/h2-6,11H,7-8H2,1H3,(H,13,14)(H,15,16). The van der Waals surface area contributed by atoms with E-state index in [-0.39, 0.29) is 5.75 Å². The minimum absolute atomic E-state index is 0.253. The normalized spacial score (nSPS) is 12.7. The molecule has 0 aliphatic carbocycles. The van der Waals surface area contributed by atoms with Crippen LogP contribution in [0.5, 0.6) is 0 Å². The van der Waals surface area contributed by atoms with Gasteiger partial charge in [-0.15, -0.1) is 0 Å². The molecule has 0 saturated carbocycles. The van der Waals surface area contributed by atoms with E-state index in [0.717, 1.165) is 6.92 Å². The highest BCUT2D eigenvalue weighted by molar-refractivity contribution is 7.90. The maximum absolute atomic E-state index is 11.9. The zero-order valence-electron chi connectivity index (χ0n) is 10.4. The maximum atomic E-state index is 11.9. The van der Waals surface area contributed by atoms with E-state index in [1.807, 2.05) is 0 Å². The van der Waals surface area contributed by atoms with E-state index >= 15 is 0 Å². The van der Waals surface area contributed by atoms with Crippen LogP contribution in [0.2, 0.25) is 0 Å².